The van der Waals surface area contributed by atoms with Crippen LogP contribution in [-0.4, -0.2) is 11.6 Å². The summed E-state index contributed by atoms with van der Waals surface area (Å²) in [4.78, 5) is 4.99. The minimum Gasteiger partial charge on any atom is -0.376 e. The molecule has 0 aliphatic rings. The minimum atomic E-state index is 0.653. The van der Waals surface area contributed by atoms with E-state index < -0.39 is 0 Å². The molecule has 26 heavy (non-hydrogen) atoms. The van der Waals surface area contributed by atoms with Crippen molar-refractivity contribution in [1.29, 1.82) is 0 Å². The number of nitrogens with zero attached hydrogens (tertiary/aromatic N) is 1. The first kappa shape index (κ1) is 18.3. The lowest BCUT2D eigenvalue weighted by molar-refractivity contribution is 0.123. The molecule has 0 bridgehead atoms. The molecule has 0 N–H and O–H groups in total. The van der Waals surface area contributed by atoms with Gasteiger partial charge in [-0.05, 0) is 35.6 Å². The Morgan fingerprint density at radius 3 is 2.19 bits per heavy atom. The van der Waals surface area contributed by atoms with Gasteiger partial charge < -0.3 is 4.74 Å². The van der Waals surface area contributed by atoms with Crippen LogP contribution in [0.2, 0.25) is 0 Å². The van der Waals surface area contributed by atoms with Gasteiger partial charge in [0, 0.05) is 17.7 Å². The third-order valence-corrected chi connectivity index (χ3v) is 4.67. The molecule has 1 heterocycles. The Kier molecular flexibility index (Phi) is 6.56. The fraction of sp³-hybridized carbons (Fsp3) is 0.292. The topological polar surface area (TPSA) is 22.1 Å². The van der Waals surface area contributed by atoms with E-state index in [0.717, 1.165) is 30.7 Å². The molecule has 0 spiro atoms. The molecule has 0 saturated heterocycles. The van der Waals surface area contributed by atoms with E-state index in [2.05, 4.69) is 62.4 Å². The van der Waals surface area contributed by atoms with Gasteiger partial charge in [0.1, 0.15) is 0 Å². The van der Waals surface area contributed by atoms with Gasteiger partial charge in [0.05, 0.1) is 18.9 Å². The molecular formula is C24H27NO. The largest absolute Gasteiger partial charge is 0.376 e. The summed E-state index contributed by atoms with van der Waals surface area (Å²) < 4.78 is 5.86. The molecule has 2 aromatic carbocycles. The van der Waals surface area contributed by atoms with Gasteiger partial charge in [-0.2, -0.15) is 0 Å². The molecule has 0 unspecified atom stereocenters. The van der Waals surface area contributed by atoms with Gasteiger partial charge in [0.25, 0.3) is 0 Å². The summed E-state index contributed by atoms with van der Waals surface area (Å²) in [6.07, 6.45) is 2.87. The number of benzene rings is 2. The van der Waals surface area contributed by atoms with Gasteiger partial charge in [-0.1, -0.05) is 74.5 Å². The van der Waals surface area contributed by atoms with Crippen LogP contribution in [0.3, 0.4) is 0 Å². The van der Waals surface area contributed by atoms with Crippen LogP contribution in [0, 0.1) is 0 Å². The molecule has 3 rings (SSSR count). The summed E-state index contributed by atoms with van der Waals surface area (Å²) in [6.45, 7) is 5.77. The standard InChI is InChI=1S/C24H27NO/c1-3-20-17-22(15-16-26-18-19-11-7-5-8-12-19)25-24(23(20)4-2)21-13-9-6-10-14-21/h5-14,17H,3-4,15-16,18H2,1-2H3. The quantitative estimate of drug-likeness (QED) is 0.493. The van der Waals surface area contributed by atoms with Crippen LogP contribution in [0.1, 0.15) is 36.2 Å². The number of ether oxygens (including phenoxy) is 1. The van der Waals surface area contributed by atoms with Crippen molar-refractivity contribution in [2.24, 2.45) is 0 Å². The van der Waals surface area contributed by atoms with Crippen molar-refractivity contribution in [3.63, 3.8) is 0 Å². The molecule has 134 valence electrons. The van der Waals surface area contributed by atoms with E-state index in [1.54, 1.807) is 0 Å². The highest BCUT2D eigenvalue weighted by Gasteiger charge is 2.12. The lowest BCUT2D eigenvalue weighted by atomic mass is 9.96. The Labute approximate surface area is 156 Å². The molecule has 3 aromatic rings. The van der Waals surface area contributed by atoms with Gasteiger partial charge in [0.15, 0.2) is 0 Å². The second-order valence-electron chi connectivity index (χ2n) is 6.46. The molecular weight excluding hydrogens is 318 g/mol. The second kappa shape index (κ2) is 9.30. The van der Waals surface area contributed by atoms with E-state index >= 15 is 0 Å². The third-order valence-electron chi connectivity index (χ3n) is 4.67. The Morgan fingerprint density at radius 1 is 0.846 bits per heavy atom. The zero-order valence-electron chi connectivity index (χ0n) is 15.7. The van der Waals surface area contributed by atoms with Crippen LogP contribution in [0.25, 0.3) is 11.3 Å². The molecule has 0 fully saturated rings. The second-order valence-corrected chi connectivity index (χ2v) is 6.46. The fourth-order valence-corrected chi connectivity index (χ4v) is 3.30. The Morgan fingerprint density at radius 2 is 1.54 bits per heavy atom. The SMILES string of the molecule is CCc1cc(CCOCc2ccccc2)nc(-c2ccccc2)c1CC. The van der Waals surface area contributed by atoms with E-state index in [-0.39, 0.29) is 0 Å². The van der Waals surface area contributed by atoms with Gasteiger partial charge in [0.2, 0.25) is 0 Å². The number of pyridine rings is 1. The zero-order chi connectivity index (χ0) is 18.2. The van der Waals surface area contributed by atoms with Gasteiger partial charge in [-0.25, -0.2) is 0 Å². The molecule has 0 radical (unpaired) electrons. The van der Waals surface area contributed by atoms with Crippen molar-refractivity contribution in [1.82, 2.24) is 4.98 Å². The number of hydrogen-bond donors (Lipinski definition) is 0. The number of aromatic nitrogens is 1. The molecule has 1 aromatic heterocycles. The summed E-state index contributed by atoms with van der Waals surface area (Å²) in [5, 5.41) is 0. The monoisotopic (exact) mass is 345 g/mol. The summed E-state index contributed by atoms with van der Waals surface area (Å²) in [5.74, 6) is 0. The van der Waals surface area contributed by atoms with E-state index in [1.807, 2.05) is 18.2 Å². The highest BCUT2D eigenvalue weighted by atomic mass is 16.5. The average Bonchev–Trinajstić information content (AvgIpc) is 2.72. The third kappa shape index (κ3) is 4.59. The van der Waals surface area contributed by atoms with Crippen molar-refractivity contribution >= 4 is 0 Å². The number of hydrogen-bond acceptors (Lipinski definition) is 2. The van der Waals surface area contributed by atoms with Crippen LogP contribution in [0.15, 0.2) is 66.7 Å². The molecule has 0 aliphatic carbocycles. The number of aryl methyl sites for hydroxylation is 1. The van der Waals surface area contributed by atoms with Gasteiger partial charge in [-0.15, -0.1) is 0 Å². The normalized spacial score (nSPS) is 10.8. The first-order valence-electron chi connectivity index (χ1n) is 9.50. The fourth-order valence-electron chi connectivity index (χ4n) is 3.30. The van der Waals surface area contributed by atoms with Crippen LogP contribution in [-0.2, 0) is 30.6 Å². The van der Waals surface area contributed by atoms with Gasteiger partial charge >= 0.3 is 0 Å². The van der Waals surface area contributed by atoms with E-state index in [4.69, 9.17) is 9.72 Å². The van der Waals surface area contributed by atoms with Crippen LogP contribution in [0.5, 0.6) is 0 Å². The maximum absolute atomic E-state index is 5.86. The number of rotatable bonds is 8. The summed E-state index contributed by atoms with van der Waals surface area (Å²) in [5.41, 5.74) is 7.43. The van der Waals surface area contributed by atoms with Crippen molar-refractivity contribution in [2.75, 3.05) is 6.61 Å². The van der Waals surface area contributed by atoms with Crippen molar-refractivity contribution in [3.05, 3.63) is 89.1 Å². The lowest BCUT2D eigenvalue weighted by Crippen LogP contribution is -2.06. The first-order chi connectivity index (χ1) is 12.8. The minimum absolute atomic E-state index is 0.653. The summed E-state index contributed by atoms with van der Waals surface area (Å²) >= 11 is 0. The van der Waals surface area contributed by atoms with Crippen LogP contribution >= 0.6 is 0 Å². The smallest absolute Gasteiger partial charge is 0.0739 e. The molecule has 2 nitrogen and oxygen atoms in total. The van der Waals surface area contributed by atoms with E-state index in [1.165, 1.54) is 22.3 Å². The maximum Gasteiger partial charge on any atom is 0.0739 e. The Balaban J connectivity index is 1.75. The van der Waals surface area contributed by atoms with E-state index in [0.29, 0.717) is 13.2 Å². The average molecular weight is 345 g/mol. The molecule has 0 amide bonds. The molecule has 2 heteroatoms. The predicted molar refractivity (Wildman–Crippen MR) is 108 cm³/mol. The van der Waals surface area contributed by atoms with Crippen molar-refractivity contribution in [2.45, 2.75) is 39.7 Å². The van der Waals surface area contributed by atoms with E-state index in [9.17, 15) is 0 Å². The highest BCUT2D eigenvalue weighted by molar-refractivity contribution is 5.65. The summed E-state index contributed by atoms with van der Waals surface area (Å²) in [7, 11) is 0. The summed E-state index contributed by atoms with van der Waals surface area (Å²) in [6, 6.07) is 23.1. The molecule has 0 atom stereocenters. The maximum atomic E-state index is 5.86. The molecule has 0 aliphatic heterocycles. The van der Waals surface area contributed by atoms with Crippen molar-refractivity contribution in [3.8, 4) is 11.3 Å². The van der Waals surface area contributed by atoms with Crippen LogP contribution in [0.4, 0.5) is 0 Å². The highest BCUT2D eigenvalue weighted by Crippen LogP contribution is 2.26. The molecule has 0 saturated carbocycles. The zero-order valence-corrected chi connectivity index (χ0v) is 15.7. The Hall–Kier alpha value is -2.45. The Bertz CT molecular complexity index is 812. The first-order valence-corrected chi connectivity index (χ1v) is 9.50. The lowest BCUT2D eigenvalue weighted by Gasteiger charge is -2.15. The predicted octanol–water partition coefficient (Wildman–Crippen LogP) is 5.63. The van der Waals surface area contributed by atoms with Crippen molar-refractivity contribution < 1.29 is 4.74 Å². The van der Waals surface area contributed by atoms with Gasteiger partial charge in [-0.3, -0.25) is 4.98 Å². The van der Waals surface area contributed by atoms with Crippen LogP contribution < -0.4 is 0 Å².